The lowest BCUT2D eigenvalue weighted by Gasteiger charge is -2.13. The Hall–Kier alpha value is -2.69. The number of amides is 1. The Balaban J connectivity index is 1.45. The Morgan fingerprint density at radius 1 is 1.04 bits per heavy atom. The number of benzene rings is 1. The topological polar surface area (TPSA) is 66.9 Å². The highest BCUT2D eigenvalue weighted by Gasteiger charge is 2.09. The standard InChI is InChI=1S/C21H26N4O/c26-21(23-14-12-18-9-5-2-6-10-18)19-15-20(25-16-24-19)22-13-11-17-7-3-1-4-8-17/h1,3-4,7-9,15-16H,2,5-6,10-14H2,(H,23,26)(H,22,24,25). The highest BCUT2D eigenvalue weighted by molar-refractivity contribution is 5.92. The lowest BCUT2D eigenvalue weighted by atomic mass is 9.97. The third-order valence-corrected chi connectivity index (χ3v) is 4.58. The molecule has 0 spiro atoms. The summed E-state index contributed by atoms with van der Waals surface area (Å²) in [7, 11) is 0. The number of carbonyl (C=O) groups is 1. The molecule has 0 saturated carbocycles. The van der Waals surface area contributed by atoms with Crippen molar-refractivity contribution < 1.29 is 4.79 Å². The van der Waals surface area contributed by atoms with Crippen molar-refractivity contribution in [2.45, 2.75) is 38.5 Å². The van der Waals surface area contributed by atoms with E-state index in [0.717, 1.165) is 19.4 Å². The van der Waals surface area contributed by atoms with Gasteiger partial charge in [-0.1, -0.05) is 42.0 Å². The maximum Gasteiger partial charge on any atom is 0.270 e. The van der Waals surface area contributed by atoms with Crippen molar-refractivity contribution in [1.82, 2.24) is 15.3 Å². The molecule has 1 heterocycles. The average molecular weight is 350 g/mol. The molecule has 0 aliphatic heterocycles. The normalized spacial score (nSPS) is 13.8. The Morgan fingerprint density at radius 2 is 1.92 bits per heavy atom. The maximum absolute atomic E-state index is 12.3. The molecule has 3 rings (SSSR count). The predicted molar refractivity (Wildman–Crippen MR) is 104 cm³/mol. The van der Waals surface area contributed by atoms with E-state index >= 15 is 0 Å². The fourth-order valence-electron chi connectivity index (χ4n) is 3.12. The number of nitrogens with one attached hydrogen (secondary N) is 2. The van der Waals surface area contributed by atoms with Crippen LogP contribution >= 0.6 is 0 Å². The molecule has 26 heavy (non-hydrogen) atoms. The van der Waals surface area contributed by atoms with E-state index in [1.165, 1.54) is 43.1 Å². The van der Waals surface area contributed by atoms with E-state index in [-0.39, 0.29) is 5.91 Å². The minimum atomic E-state index is -0.144. The van der Waals surface area contributed by atoms with Crippen LogP contribution < -0.4 is 10.6 Å². The van der Waals surface area contributed by atoms with E-state index < -0.39 is 0 Å². The van der Waals surface area contributed by atoms with Gasteiger partial charge in [0.25, 0.3) is 5.91 Å². The molecule has 0 atom stereocenters. The van der Waals surface area contributed by atoms with Gasteiger partial charge in [0.2, 0.25) is 0 Å². The summed E-state index contributed by atoms with van der Waals surface area (Å²) >= 11 is 0. The number of anilines is 1. The van der Waals surface area contributed by atoms with Crippen molar-refractivity contribution in [2.75, 3.05) is 18.4 Å². The number of rotatable bonds is 8. The van der Waals surface area contributed by atoms with Crippen LogP contribution in [0.4, 0.5) is 5.82 Å². The molecular weight excluding hydrogens is 324 g/mol. The second kappa shape index (κ2) is 9.70. The molecule has 1 aromatic heterocycles. The van der Waals surface area contributed by atoms with Gasteiger partial charge in [0.1, 0.15) is 17.8 Å². The van der Waals surface area contributed by atoms with Crippen LogP contribution in [0.15, 0.2) is 54.4 Å². The van der Waals surface area contributed by atoms with Gasteiger partial charge in [-0.05, 0) is 44.1 Å². The Morgan fingerprint density at radius 3 is 2.73 bits per heavy atom. The highest BCUT2D eigenvalue weighted by atomic mass is 16.1. The van der Waals surface area contributed by atoms with Crippen LogP contribution in [0.2, 0.25) is 0 Å². The van der Waals surface area contributed by atoms with E-state index in [0.29, 0.717) is 18.1 Å². The molecule has 1 aliphatic rings. The van der Waals surface area contributed by atoms with Gasteiger partial charge in [-0.2, -0.15) is 0 Å². The Labute approximate surface area is 155 Å². The largest absolute Gasteiger partial charge is 0.370 e. The van der Waals surface area contributed by atoms with Crippen molar-refractivity contribution in [3.05, 3.63) is 65.6 Å². The molecule has 1 aliphatic carbocycles. The van der Waals surface area contributed by atoms with Crippen molar-refractivity contribution in [2.24, 2.45) is 0 Å². The summed E-state index contributed by atoms with van der Waals surface area (Å²) in [6.07, 6.45) is 10.5. The summed E-state index contributed by atoms with van der Waals surface area (Å²) in [4.78, 5) is 20.6. The minimum Gasteiger partial charge on any atom is -0.370 e. The summed E-state index contributed by atoms with van der Waals surface area (Å²) in [6.45, 7) is 1.42. The zero-order valence-electron chi connectivity index (χ0n) is 15.1. The second-order valence-corrected chi connectivity index (χ2v) is 6.56. The van der Waals surface area contributed by atoms with Crippen molar-refractivity contribution in [3.63, 3.8) is 0 Å². The fraction of sp³-hybridized carbons (Fsp3) is 0.381. The monoisotopic (exact) mass is 350 g/mol. The molecule has 136 valence electrons. The summed E-state index contributed by atoms with van der Waals surface area (Å²) in [5, 5.41) is 6.21. The number of aromatic nitrogens is 2. The molecule has 0 unspecified atom stereocenters. The molecule has 2 aromatic rings. The quantitative estimate of drug-likeness (QED) is 0.712. The zero-order valence-corrected chi connectivity index (χ0v) is 15.1. The second-order valence-electron chi connectivity index (χ2n) is 6.56. The Bertz CT molecular complexity index is 743. The van der Waals surface area contributed by atoms with Crippen molar-refractivity contribution in [3.8, 4) is 0 Å². The van der Waals surface area contributed by atoms with E-state index in [4.69, 9.17) is 0 Å². The number of nitrogens with zero attached hydrogens (tertiary/aromatic N) is 2. The molecule has 0 radical (unpaired) electrons. The first-order valence-electron chi connectivity index (χ1n) is 9.37. The van der Waals surface area contributed by atoms with Crippen LogP contribution in [0.25, 0.3) is 0 Å². The van der Waals surface area contributed by atoms with E-state index in [9.17, 15) is 4.79 Å². The molecule has 5 nitrogen and oxygen atoms in total. The molecular formula is C21H26N4O. The third-order valence-electron chi connectivity index (χ3n) is 4.58. The number of hydrogen-bond donors (Lipinski definition) is 2. The summed E-state index contributed by atoms with van der Waals surface area (Å²) < 4.78 is 0. The van der Waals surface area contributed by atoms with Gasteiger partial charge in [0.15, 0.2) is 0 Å². The molecule has 0 bridgehead atoms. The van der Waals surface area contributed by atoms with Gasteiger partial charge in [0, 0.05) is 19.2 Å². The van der Waals surface area contributed by atoms with Crippen molar-refractivity contribution in [1.29, 1.82) is 0 Å². The maximum atomic E-state index is 12.3. The van der Waals surface area contributed by atoms with Crippen LogP contribution in [0.1, 0.15) is 48.2 Å². The van der Waals surface area contributed by atoms with Crippen LogP contribution in [0.3, 0.4) is 0 Å². The molecule has 5 heteroatoms. The lowest BCUT2D eigenvalue weighted by Crippen LogP contribution is -2.26. The summed E-state index contributed by atoms with van der Waals surface area (Å²) in [5.41, 5.74) is 3.13. The van der Waals surface area contributed by atoms with E-state index in [1.807, 2.05) is 18.2 Å². The van der Waals surface area contributed by atoms with Gasteiger partial charge in [-0.25, -0.2) is 9.97 Å². The number of hydrogen-bond acceptors (Lipinski definition) is 4. The number of allylic oxidation sites excluding steroid dienone is 1. The van der Waals surface area contributed by atoms with Crippen LogP contribution in [-0.2, 0) is 6.42 Å². The zero-order chi connectivity index (χ0) is 18.0. The molecule has 0 saturated heterocycles. The van der Waals surface area contributed by atoms with Gasteiger partial charge >= 0.3 is 0 Å². The van der Waals surface area contributed by atoms with Gasteiger partial charge in [-0.15, -0.1) is 0 Å². The molecule has 2 N–H and O–H groups in total. The third kappa shape index (κ3) is 5.69. The first-order chi connectivity index (χ1) is 12.8. The van der Waals surface area contributed by atoms with Gasteiger partial charge in [-0.3, -0.25) is 4.79 Å². The van der Waals surface area contributed by atoms with Gasteiger partial charge in [0.05, 0.1) is 0 Å². The summed E-state index contributed by atoms with van der Waals surface area (Å²) in [6, 6.07) is 12.0. The predicted octanol–water partition coefficient (Wildman–Crippen LogP) is 3.75. The van der Waals surface area contributed by atoms with Crippen molar-refractivity contribution >= 4 is 11.7 Å². The molecule has 0 fully saturated rings. The van der Waals surface area contributed by atoms with Crippen LogP contribution in [0, 0.1) is 0 Å². The average Bonchev–Trinajstić information content (AvgIpc) is 2.70. The van der Waals surface area contributed by atoms with E-state index in [1.54, 1.807) is 6.07 Å². The van der Waals surface area contributed by atoms with E-state index in [2.05, 4.69) is 38.8 Å². The van der Waals surface area contributed by atoms with Crippen LogP contribution in [0.5, 0.6) is 0 Å². The minimum absolute atomic E-state index is 0.144. The summed E-state index contributed by atoms with van der Waals surface area (Å²) in [5.74, 6) is 0.533. The fourth-order valence-corrected chi connectivity index (χ4v) is 3.12. The first kappa shape index (κ1) is 18.1. The molecule has 1 aromatic carbocycles. The number of carbonyl (C=O) groups excluding carboxylic acids is 1. The lowest BCUT2D eigenvalue weighted by molar-refractivity contribution is 0.0949. The SMILES string of the molecule is O=C(NCCC1=CCCCC1)c1cc(NCCc2ccccc2)ncn1. The first-order valence-corrected chi connectivity index (χ1v) is 9.37. The van der Waals surface area contributed by atoms with Crippen LogP contribution in [-0.4, -0.2) is 29.0 Å². The smallest absolute Gasteiger partial charge is 0.270 e. The Kier molecular flexibility index (Phi) is 6.76. The van der Waals surface area contributed by atoms with Gasteiger partial charge < -0.3 is 10.6 Å². The molecule has 1 amide bonds. The highest BCUT2D eigenvalue weighted by Crippen LogP contribution is 2.19.